The van der Waals surface area contributed by atoms with Gasteiger partial charge in [0.05, 0.1) is 12.0 Å². The van der Waals surface area contributed by atoms with Crippen molar-refractivity contribution in [3.8, 4) is 22.6 Å². The Labute approximate surface area is 179 Å². The van der Waals surface area contributed by atoms with Gasteiger partial charge in [-0.3, -0.25) is 4.79 Å². The van der Waals surface area contributed by atoms with Gasteiger partial charge in [0, 0.05) is 16.3 Å². The SMILES string of the molecule is O=C(Nc1ccc(Cl)c(-c2cccc(CO)c2)c1)C1(c2ccc3c(c2)OCO3)CC1. The van der Waals surface area contributed by atoms with E-state index in [2.05, 4.69) is 5.32 Å². The number of carbonyl (C=O) groups is 1. The van der Waals surface area contributed by atoms with Gasteiger partial charge in [-0.1, -0.05) is 35.9 Å². The van der Waals surface area contributed by atoms with Gasteiger partial charge in [-0.15, -0.1) is 0 Å². The Hall–Kier alpha value is -3.02. The molecule has 1 aliphatic heterocycles. The van der Waals surface area contributed by atoms with Crippen LogP contribution in [0.3, 0.4) is 0 Å². The smallest absolute Gasteiger partial charge is 0.235 e. The zero-order chi connectivity index (χ0) is 20.7. The second kappa shape index (κ2) is 7.35. The van der Waals surface area contributed by atoms with Gasteiger partial charge in [0.25, 0.3) is 0 Å². The third-order valence-corrected chi connectivity index (χ3v) is 6.08. The van der Waals surface area contributed by atoms with Gasteiger partial charge in [-0.05, 0) is 65.9 Å². The highest BCUT2D eigenvalue weighted by molar-refractivity contribution is 6.33. The van der Waals surface area contributed by atoms with E-state index in [0.717, 1.165) is 35.1 Å². The summed E-state index contributed by atoms with van der Waals surface area (Å²) < 4.78 is 10.8. The van der Waals surface area contributed by atoms with E-state index < -0.39 is 5.41 Å². The Morgan fingerprint density at radius 2 is 1.87 bits per heavy atom. The zero-order valence-electron chi connectivity index (χ0n) is 16.2. The number of rotatable bonds is 5. The highest BCUT2D eigenvalue weighted by Crippen LogP contribution is 2.51. The minimum atomic E-state index is -0.544. The molecule has 0 unspecified atom stereocenters. The van der Waals surface area contributed by atoms with Gasteiger partial charge in [-0.2, -0.15) is 0 Å². The molecule has 2 aliphatic rings. The number of nitrogens with one attached hydrogen (secondary N) is 1. The number of anilines is 1. The number of ether oxygens (including phenoxy) is 2. The fourth-order valence-corrected chi connectivity index (χ4v) is 4.10. The maximum atomic E-state index is 13.2. The predicted molar refractivity (Wildman–Crippen MR) is 115 cm³/mol. The standard InChI is InChI=1S/C24H20ClNO4/c25-20-6-5-18(12-19(20)16-3-1-2-15(10-16)13-27)26-23(28)24(8-9-24)17-4-7-21-22(11-17)30-14-29-21/h1-7,10-12,27H,8-9,13-14H2,(H,26,28). The fourth-order valence-electron chi connectivity index (χ4n) is 3.88. The molecule has 0 radical (unpaired) electrons. The number of hydrogen-bond donors (Lipinski definition) is 2. The maximum Gasteiger partial charge on any atom is 0.235 e. The average molecular weight is 422 g/mol. The lowest BCUT2D eigenvalue weighted by atomic mass is 9.94. The summed E-state index contributed by atoms with van der Waals surface area (Å²) in [5.41, 5.74) is 3.57. The summed E-state index contributed by atoms with van der Waals surface area (Å²) in [6.07, 6.45) is 1.58. The molecule has 1 heterocycles. The molecule has 0 saturated heterocycles. The molecule has 0 bridgehead atoms. The molecular formula is C24H20ClNO4. The van der Waals surface area contributed by atoms with Gasteiger partial charge in [0.1, 0.15) is 0 Å². The van der Waals surface area contributed by atoms with E-state index in [-0.39, 0.29) is 19.3 Å². The van der Waals surface area contributed by atoms with Crippen LogP contribution < -0.4 is 14.8 Å². The predicted octanol–water partition coefficient (Wildman–Crippen LogP) is 4.90. The molecule has 1 amide bonds. The highest BCUT2D eigenvalue weighted by atomic mass is 35.5. The molecular weight excluding hydrogens is 402 g/mol. The quantitative estimate of drug-likeness (QED) is 0.615. The maximum absolute atomic E-state index is 13.2. The lowest BCUT2D eigenvalue weighted by Gasteiger charge is -2.17. The largest absolute Gasteiger partial charge is 0.454 e. The Balaban J connectivity index is 1.41. The molecule has 0 atom stereocenters. The van der Waals surface area contributed by atoms with Gasteiger partial charge in [-0.25, -0.2) is 0 Å². The molecule has 152 valence electrons. The van der Waals surface area contributed by atoms with Crippen LogP contribution in [0.2, 0.25) is 5.02 Å². The first-order valence-electron chi connectivity index (χ1n) is 9.80. The van der Waals surface area contributed by atoms with Crippen molar-refractivity contribution in [2.24, 2.45) is 0 Å². The van der Waals surface area contributed by atoms with E-state index >= 15 is 0 Å². The van der Waals surface area contributed by atoms with Gasteiger partial charge >= 0.3 is 0 Å². The lowest BCUT2D eigenvalue weighted by molar-refractivity contribution is -0.118. The Bertz CT molecular complexity index is 1140. The van der Waals surface area contributed by atoms with E-state index in [0.29, 0.717) is 22.2 Å². The minimum absolute atomic E-state index is 0.0417. The fraction of sp³-hybridized carbons (Fsp3) is 0.208. The molecule has 3 aromatic rings. The van der Waals surface area contributed by atoms with Crippen molar-refractivity contribution in [2.45, 2.75) is 24.9 Å². The molecule has 1 saturated carbocycles. The first-order valence-corrected chi connectivity index (χ1v) is 10.2. The van der Waals surface area contributed by atoms with Crippen LogP contribution in [0.1, 0.15) is 24.0 Å². The molecule has 1 aliphatic carbocycles. The minimum Gasteiger partial charge on any atom is -0.454 e. The lowest BCUT2D eigenvalue weighted by Crippen LogP contribution is -2.27. The second-order valence-electron chi connectivity index (χ2n) is 7.66. The highest BCUT2D eigenvalue weighted by Gasteiger charge is 2.51. The van der Waals surface area contributed by atoms with Crippen molar-refractivity contribution in [3.63, 3.8) is 0 Å². The molecule has 0 spiro atoms. The first kappa shape index (κ1) is 19.0. The number of aliphatic hydroxyl groups is 1. The van der Waals surface area contributed by atoms with Gasteiger partial charge < -0.3 is 19.9 Å². The molecule has 5 rings (SSSR count). The second-order valence-corrected chi connectivity index (χ2v) is 8.06. The molecule has 1 fully saturated rings. The van der Waals surface area contributed by atoms with E-state index in [9.17, 15) is 9.90 Å². The first-order chi connectivity index (χ1) is 14.6. The van der Waals surface area contributed by atoms with E-state index in [1.807, 2.05) is 48.5 Å². The van der Waals surface area contributed by atoms with Crippen LogP contribution in [-0.2, 0) is 16.8 Å². The van der Waals surface area contributed by atoms with Crippen LogP contribution in [0.5, 0.6) is 11.5 Å². The van der Waals surface area contributed by atoms with Crippen molar-refractivity contribution in [1.82, 2.24) is 0 Å². The van der Waals surface area contributed by atoms with Gasteiger partial charge in [0.15, 0.2) is 11.5 Å². The van der Waals surface area contributed by atoms with Crippen molar-refractivity contribution in [2.75, 3.05) is 12.1 Å². The van der Waals surface area contributed by atoms with Crippen molar-refractivity contribution in [3.05, 3.63) is 76.8 Å². The van der Waals surface area contributed by atoms with Crippen molar-refractivity contribution < 1.29 is 19.4 Å². The van der Waals surface area contributed by atoms with Crippen LogP contribution in [0.15, 0.2) is 60.7 Å². The Kier molecular flexibility index (Phi) is 4.65. The summed E-state index contributed by atoms with van der Waals surface area (Å²) in [5, 5.41) is 13.0. The zero-order valence-corrected chi connectivity index (χ0v) is 16.9. The third-order valence-electron chi connectivity index (χ3n) is 5.75. The summed E-state index contributed by atoms with van der Waals surface area (Å²) in [5.74, 6) is 1.35. The van der Waals surface area contributed by atoms with Crippen LogP contribution in [-0.4, -0.2) is 17.8 Å². The van der Waals surface area contributed by atoms with Crippen LogP contribution >= 0.6 is 11.6 Å². The number of halogens is 1. The summed E-state index contributed by atoms with van der Waals surface area (Å²) in [7, 11) is 0. The van der Waals surface area contributed by atoms with E-state index in [1.54, 1.807) is 12.1 Å². The number of carbonyl (C=O) groups excluding carboxylic acids is 1. The van der Waals surface area contributed by atoms with Crippen LogP contribution in [0.25, 0.3) is 11.1 Å². The number of benzene rings is 3. The number of aliphatic hydroxyl groups excluding tert-OH is 1. The molecule has 2 N–H and O–H groups in total. The summed E-state index contributed by atoms with van der Waals surface area (Å²) in [4.78, 5) is 13.2. The summed E-state index contributed by atoms with van der Waals surface area (Å²) >= 11 is 6.41. The number of fused-ring (bicyclic) bond motifs is 1. The topological polar surface area (TPSA) is 67.8 Å². The summed E-state index contributed by atoms with van der Waals surface area (Å²) in [6.45, 7) is 0.170. The number of amides is 1. The van der Waals surface area contributed by atoms with E-state index in [4.69, 9.17) is 21.1 Å². The third kappa shape index (κ3) is 3.30. The summed E-state index contributed by atoms with van der Waals surface area (Å²) in [6, 6.07) is 18.7. The Morgan fingerprint density at radius 1 is 1.03 bits per heavy atom. The molecule has 6 heteroatoms. The molecule has 30 heavy (non-hydrogen) atoms. The van der Waals surface area contributed by atoms with Gasteiger partial charge in [0.2, 0.25) is 12.7 Å². The van der Waals surface area contributed by atoms with Crippen molar-refractivity contribution >= 4 is 23.2 Å². The van der Waals surface area contributed by atoms with E-state index in [1.165, 1.54) is 0 Å². The monoisotopic (exact) mass is 421 g/mol. The normalized spacial score (nSPS) is 15.7. The Morgan fingerprint density at radius 3 is 2.67 bits per heavy atom. The average Bonchev–Trinajstić information content (AvgIpc) is 3.46. The molecule has 0 aromatic heterocycles. The van der Waals surface area contributed by atoms with Crippen molar-refractivity contribution in [1.29, 1.82) is 0 Å². The van der Waals surface area contributed by atoms with Crippen LogP contribution in [0, 0.1) is 0 Å². The molecule has 3 aromatic carbocycles. The number of hydrogen-bond acceptors (Lipinski definition) is 4. The van der Waals surface area contributed by atoms with Crippen LogP contribution in [0.4, 0.5) is 5.69 Å². The molecule has 5 nitrogen and oxygen atoms in total.